The number of hydrogen-bond acceptors (Lipinski definition) is 3. The molecule has 2 N–H and O–H groups in total. The normalized spacial score (nSPS) is 10.6. The summed E-state index contributed by atoms with van der Waals surface area (Å²) in [5, 5.41) is 10.5. The quantitative estimate of drug-likeness (QED) is 0.763. The molecule has 5 nitrogen and oxygen atoms in total. The molecular weight excluding hydrogens is 308 g/mol. The largest absolute Gasteiger partial charge is 0.307 e. The molecule has 0 aliphatic carbocycles. The third kappa shape index (κ3) is 2.48. The topological polar surface area (TPSA) is 70.7 Å². The minimum absolute atomic E-state index is 0.206. The van der Waals surface area contributed by atoms with E-state index in [2.05, 4.69) is 36.4 Å². The molecule has 94 valence electrons. The Morgan fingerprint density at radius 3 is 3.00 bits per heavy atom. The van der Waals surface area contributed by atoms with Crippen molar-refractivity contribution in [2.45, 2.75) is 0 Å². The second kappa shape index (κ2) is 4.81. The van der Waals surface area contributed by atoms with E-state index in [4.69, 9.17) is 0 Å². The van der Waals surface area contributed by atoms with Gasteiger partial charge in [0.2, 0.25) is 0 Å². The molecule has 0 aliphatic heterocycles. The summed E-state index contributed by atoms with van der Waals surface area (Å²) >= 11 is 3.33. The molecule has 0 atom stereocenters. The predicted octanol–water partition coefficient (Wildman–Crippen LogP) is 2.97. The van der Waals surface area contributed by atoms with Crippen LogP contribution in [0.1, 0.15) is 10.4 Å². The van der Waals surface area contributed by atoms with E-state index in [9.17, 15) is 4.79 Å². The van der Waals surface area contributed by atoms with Crippen molar-refractivity contribution in [1.82, 2.24) is 15.2 Å². The fraction of sp³-hybridized carbons (Fsp3) is 0. The predicted molar refractivity (Wildman–Crippen MR) is 76.0 cm³/mol. The molecule has 0 bridgehead atoms. The van der Waals surface area contributed by atoms with Crippen LogP contribution in [0.4, 0.5) is 5.82 Å². The number of fused-ring (bicyclic) bond motifs is 1. The summed E-state index contributed by atoms with van der Waals surface area (Å²) < 4.78 is 0.863. The molecule has 19 heavy (non-hydrogen) atoms. The van der Waals surface area contributed by atoms with Crippen LogP contribution in [0.3, 0.4) is 0 Å². The summed E-state index contributed by atoms with van der Waals surface area (Å²) in [5.74, 6) is 0.297. The van der Waals surface area contributed by atoms with Crippen molar-refractivity contribution in [3.05, 3.63) is 52.8 Å². The number of nitrogens with zero attached hydrogens (tertiary/aromatic N) is 2. The third-order valence-electron chi connectivity index (χ3n) is 2.67. The fourth-order valence-electron chi connectivity index (χ4n) is 1.74. The molecule has 0 unspecified atom stereocenters. The van der Waals surface area contributed by atoms with E-state index in [1.807, 2.05) is 6.07 Å². The number of rotatable bonds is 2. The van der Waals surface area contributed by atoms with Gasteiger partial charge in [0.1, 0.15) is 5.82 Å². The summed E-state index contributed by atoms with van der Waals surface area (Å²) in [4.78, 5) is 16.2. The van der Waals surface area contributed by atoms with Crippen molar-refractivity contribution < 1.29 is 4.79 Å². The van der Waals surface area contributed by atoms with E-state index < -0.39 is 0 Å². The van der Waals surface area contributed by atoms with Crippen molar-refractivity contribution in [3.8, 4) is 0 Å². The van der Waals surface area contributed by atoms with Gasteiger partial charge < -0.3 is 5.32 Å². The number of H-pyrrole nitrogens is 1. The Balaban J connectivity index is 1.87. The first-order chi connectivity index (χ1) is 9.22. The SMILES string of the molecule is O=C(Nc1cc(Br)ccn1)c1ccc2cn[nH]c2c1. The molecule has 0 fully saturated rings. The molecule has 1 aromatic carbocycles. The summed E-state index contributed by atoms with van der Waals surface area (Å²) in [6, 6.07) is 8.90. The summed E-state index contributed by atoms with van der Waals surface area (Å²) in [6.45, 7) is 0. The lowest BCUT2D eigenvalue weighted by atomic mass is 10.1. The van der Waals surface area contributed by atoms with E-state index in [0.717, 1.165) is 15.4 Å². The zero-order valence-electron chi connectivity index (χ0n) is 9.72. The van der Waals surface area contributed by atoms with Crippen LogP contribution < -0.4 is 5.32 Å². The molecule has 0 spiro atoms. The van der Waals surface area contributed by atoms with Crippen molar-refractivity contribution in [2.75, 3.05) is 5.32 Å². The Kier molecular flexibility index (Phi) is 3.00. The third-order valence-corrected chi connectivity index (χ3v) is 3.16. The molecule has 3 aromatic rings. The van der Waals surface area contributed by atoms with Gasteiger partial charge >= 0.3 is 0 Å². The molecule has 0 saturated carbocycles. The van der Waals surface area contributed by atoms with Gasteiger partial charge in [-0.15, -0.1) is 0 Å². The van der Waals surface area contributed by atoms with E-state index in [1.165, 1.54) is 0 Å². The zero-order chi connectivity index (χ0) is 13.2. The van der Waals surface area contributed by atoms with Crippen LogP contribution in [0.5, 0.6) is 0 Å². The van der Waals surface area contributed by atoms with Gasteiger partial charge in [0.15, 0.2) is 0 Å². The minimum Gasteiger partial charge on any atom is -0.307 e. The summed E-state index contributed by atoms with van der Waals surface area (Å²) in [6.07, 6.45) is 3.34. The van der Waals surface area contributed by atoms with Crippen molar-refractivity contribution >= 4 is 38.6 Å². The maximum absolute atomic E-state index is 12.1. The molecule has 0 saturated heterocycles. The second-order valence-corrected chi connectivity index (χ2v) is 4.90. The lowest BCUT2D eigenvalue weighted by molar-refractivity contribution is 0.102. The van der Waals surface area contributed by atoms with Crippen molar-refractivity contribution in [2.24, 2.45) is 0 Å². The van der Waals surface area contributed by atoms with Crippen LogP contribution in [0.2, 0.25) is 0 Å². The maximum atomic E-state index is 12.1. The molecule has 0 aliphatic rings. The van der Waals surface area contributed by atoms with Gasteiger partial charge in [0, 0.05) is 21.6 Å². The molecule has 1 amide bonds. The van der Waals surface area contributed by atoms with Gasteiger partial charge in [-0.3, -0.25) is 9.89 Å². The summed E-state index contributed by atoms with van der Waals surface area (Å²) in [7, 11) is 0. The second-order valence-electron chi connectivity index (χ2n) is 3.99. The number of amides is 1. The monoisotopic (exact) mass is 316 g/mol. The maximum Gasteiger partial charge on any atom is 0.256 e. The Labute approximate surface area is 117 Å². The molecule has 3 rings (SSSR count). The number of pyridine rings is 1. The van der Waals surface area contributed by atoms with Gasteiger partial charge in [-0.2, -0.15) is 5.10 Å². The molecule has 2 heterocycles. The van der Waals surface area contributed by atoms with E-state index in [0.29, 0.717) is 11.4 Å². The lowest BCUT2D eigenvalue weighted by Gasteiger charge is -2.04. The standard InChI is InChI=1S/C13H9BrN4O/c14-10-3-4-15-12(6-10)17-13(19)8-1-2-9-7-16-18-11(9)5-8/h1-7H,(H,16,18)(H,15,17,19). The lowest BCUT2D eigenvalue weighted by Crippen LogP contribution is -2.12. The average Bonchev–Trinajstić information content (AvgIpc) is 2.85. The molecule has 2 aromatic heterocycles. The van der Waals surface area contributed by atoms with Crippen LogP contribution in [-0.2, 0) is 0 Å². The number of anilines is 1. The minimum atomic E-state index is -0.206. The van der Waals surface area contributed by atoms with Crippen molar-refractivity contribution in [3.63, 3.8) is 0 Å². The number of carbonyl (C=O) groups excluding carboxylic acids is 1. The van der Waals surface area contributed by atoms with Crippen LogP contribution in [0.15, 0.2) is 47.2 Å². The Bertz CT molecular complexity index is 753. The highest BCUT2D eigenvalue weighted by molar-refractivity contribution is 9.10. The number of carbonyl (C=O) groups is 1. The van der Waals surface area contributed by atoms with Crippen LogP contribution in [-0.4, -0.2) is 21.1 Å². The smallest absolute Gasteiger partial charge is 0.256 e. The van der Waals surface area contributed by atoms with Crippen LogP contribution in [0.25, 0.3) is 10.9 Å². The first-order valence-electron chi connectivity index (χ1n) is 5.58. The first-order valence-corrected chi connectivity index (χ1v) is 6.38. The molecule has 6 heteroatoms. The number of aromatic amines is 1. The number of nitrogens with one attached hydrogen (secondary N) is 2. The number of hydrogen-bond donors (Lipinski definition) is 2. The van der Waals surface area contributed by atoms with Gasteiger partial charge in [-0.05, 0) is 24.3 Å². The highest BCUT2D eigenvalue weighted by Gasteiger charge is 2.08. The van der Waals surface area contributed by atoms with Crippen LogP contribution >= 0.6 is 15.9 Å². The highest BCUT2D eigenvalue weighted by atomic mass is 79.9. The number of halogens is 1. The number of benzene rings is 1. The van der Waals surface area contributed by atoms with Gasteiger partial charge in [0.25, 0.3) is 5.91 Å². The van der Waals surface area contributed by atoms with Gasteiger partial charge in [-0.25, -0.2) is 4.98 Å². The van der Waals surface area contributed by atoms with Gasteiger partial charge in [0.05, 0.1) is 11.7 Å². The first kappa shape index (κ1) is 11.9. The Morgan fingerprint density at radius 1 is 1.26 bits per heavy atom. The summed E-state index contributed by atoms with van der Waals surface area (Å²) in [5.41, 5.74) is 1.38. The number of aromatic nitrogens is 3. The highest BCUT2D eigenvalue weighted by Crippen LogP contribution is 2.16. The zero-order valence-corrected chi connectivity index (χ0v) is 11.3. The Morgan fingerprint density at radius 2 is 2.16 bits per heavy atom. The Hall–Kier alpha value is -2.21. The van der Waals surface area contributed by atoms with Crippen molar-refractivity contribution in [1.29, 1.82) is 0 Å². The van der Waals surface area contributed by atoms with E-state index >= 15 is 0 Å². The van der Waals surface area contributed by atoms with Gasteiger partial charge in [-0.1, -0.05) is 22.0 Å². The molecular formula is C13H9BrN4O. The molecule has 0 radical (unpaired) electrons. The average molecular weight is 317 g/mol. The van der Waals surface area contributed by atoms with E-state index in [-0.39, 0.29) is 5.91 Å². The fourth-order valence-corrected chi connectivity index (χ4v) is 2.07. The van der Waals surface area contributed by atoms with E-state index in [1.54, 1.807) is 36.7 Å². The van der Waals surface area contributed by atoms with Crippen LogP contribution in [0, 0.1) is 0 Å².